The molecule has 2 atom stereocenters. The van der Waals surface area contributed by atoms with Gasteiger partial charge in [-0.15, -0.1) is 12.4 Å². The van der Waals surface area contributed by atoms with Crippen LogP contribution in [0.5, 0.6) is 0 Å². The van der Waals surface area contributed by atoms with Crippen molar-refractivity contribution in [3.05, 3.63) is 71.3 Å². The van der Waals surface area contributed by atoms with Crippen LogP contribution in [0, 0.1) is 11.6 Å². The molecule has 0 spiro atoms. The van der Waals surface area contributed by atoms with Crippen molar-refractivity contribution in [1.82, 2.24) is 5.32 Å². The number of halogens is 3. The molecule has 2 aromatic rings. The van der Waals surface area contributed by atoms with E-state index in [1.54, 1.807) is 24.3 Å². The van der Waals surface area contributed by atoms with Gasteiger partial charge in [-0.05, 0) is 29.3 Å². The average Bonchev–Trinajstić information content (AvgIpc) is 2.59. The summed E-state index contributed by atoms with van der Waals surface area (Å²) in [6.45, 7) is 1.61. The third-order valence-corrected chi connectivity index (χ3v) is 4.20. The van der Waals surface area contributed by atoms with Crippen LogP contribution in [-0.2, 0) is 16.8 Å². The fraction of sp³-hybridized carbons (Fsp3) is 0.333. The third-order valence-electron chi connectivity index (χ3n) is 4.20. The van der Waals surface area contributed by atoms with Crippen molar-refractivity contribution in [2.45, 2.75) is 18.1 Å². The van der Waals surface area contributed by atoms with Crippen molar-refractivity contribution < 1.29 is 18.6 Å². The monoisotopic (exact) mass is 355 g/mol. The van der Waals surface area contributed by atoms with Crippen molar-refractivity contribution >= 4 is 12.4 Å². The molecule has 0 bridgehead atoms. The molecule has 130 valence electrons. The fourth-order valence-corrected chi connectivity index (χ4v) is 2.97. The van der Waals surface area contributed by atoms with Gasteiger partial charge < -0.3 is 15.2 Å². The highest BCUT2D eigenvalue weighted by atomic mass is 35.5. The summed E-state index contributed by atoms with van der Waals surface area (Å²) >= 11 is 0. The molecule has 1 aliphatic rings. The van der Waals surface area contributed by atoms with Crippen molar-refractivity contribution in [2.75, 3.05) is 19.7 Å². The lowest BCUT2D eigenvalue weighted by Gasteiger charge is -2.39. The first kappa shape index (κ1) is 18.8. The van der Waals surface area contributed by atoms with E-state index in [2.05, 4.69) is 5.32 Å². The molecule has 6 heteroatoms. The van der Waals surface area contributed by atoms with Gasteiger partial charge in [-0.1, -0.05) is 30.3 Å². The minimum absolute atomic E-state index is 0. The van der Waals surface area contributed by atoms with Crippen LogP contribution < -0.4 is 5.32 Å². The first-order chi connectivity index (χ1) is 11.1. The van der Waals surface area contributed by atoms with Crippen LogP contribution in [0.25, 0.3) is 0 Å². The summed E-state index contributed by atoms with van der Waals surface area (Å²) in [7, 11) is 0. The van der Waals surface area contributed by atoms with E-state index in [0.29, 0.717) is 25.3 Å². The second-order valence-electron chi connectivity index (χ2n) is 5.77. The molecule has 3 rings (SSSR count). The molecular formula is C18H20ClF2NO2. The zero-order valence-electron chi connectivity index (χ0n) is 13.0. The lowest BCUT2D eigenvalue weighted by molar-refractivity contribution is -0.124. The van der Waals surface area contributed by atoms with Crippen LogP contribution >= 0.6 is 12.4 Å². The summed E-state index contributed by atoms with van der Waals surface area (Å²) in [5.74, 6) is -1.07. The number of ether oxygens (including phenoxy) is 1. The SMILES string of the molecule is Cl.O[C@](Cc1cc(F)ccc1F)(c1ccccc1)[C@H]1CNCCO1. The molecule has 24 heavy (non-hydrogen) atoms. The van der Waals surface area contributed by atoms with Gasteiger partial charge in [-0.3, -0.25) is 0 Å². The Kier molecular flexibility index (Phi) is 6.29. The van der Waals surface area contributed by atoms with Crippen LogP contribution in [0.2, 0.25) is 0 Å². The highest BCUT2D eigenvalue weighted by molar-refractivity contribution is 5.85. The molecule has 3 nitrogen and oxygen atoms in total. The second kappa shape index (κ2) is 8.03. The largest absolute Gasteiger partial charge is 0.382 e. The first-order valence-electron chi connectivity index (χ1n) is 7.64. The smallest absolute Gasteiger partial charge is 0.126 e. The van der Waals surface area contributed by atoms with Gasteiger partial charge in [0.1, 0.15) is 23.3 Å². The summed E-state index contributed by atoms with van der Waals surface area (Å²) in [6.07, 6.45) is -0.603. The van der Waals surface area contributed by atoms with Gasteiger partial charge in [0, 0.05) is 19.5 Å². The van der Waals surface area contributed by atoms with Gasteiger partial charge >= 0.3 is 0 Å². The van der Waals surface area contributed by atoms with E-state index in [0.717, 1.165) is 18.2 Å². The quantitative estimate of drug-likeness (QED) is 0.886. The van der Waals surface area contributed by atoms with E-state index in [1.807, 2.05) is 6.07 Å². The maximum atomic E-state index is 14.0. The molecular weight excluding hydrogens is 336 g/mol. The lowest BCUT2D eigenvalue weighted by atomic mass is 9.82. The Morgan fingerprint density at radius 2 is 1.92 bits per heavy atom. The highest BCUT2D eigenvalue weighted by Crippen LogP contribution is 2.32. The molecule has 0 aromatic heterocycles. The maximum absolute atomic E-state index is 14.0. The first-order valence-corrected chi connectivity index (χ1v) is 7.64. The summed E-state index contributed by atoms with van der Waals surface area (Å²) < 4.78 is 33.2. The number of nitrogens with one attached hydrogen (secondary N) is 1. The molecule has 0 amide bonds. The topological polar surface area (TPSA) is 41.5 Å². The number of aliphatic hydroxyl groups is 1. The standard InChI is InChI=1S/C18H19F2NO2.ClH/c19-15-6-7-16(20)13(10-15)11-18(22,14-4-2-1-3-5-14)17-12-21-8-9-23-17;/h1-7,10,17,21-22H,8-9,11-12H2;1H/t17-,18-;/m1./s1. The number of hydrogen-bond donors (Lipinski definition) is 2. The van der Waals surface area contributed by atoms with Crippen LogP contribution in [0.4, 0.5) is 8.78 Å². The van der Waals surface area contributed by atoms with E-state index in [4.69, 9.17) is 4.74 Å². The number of morpholine rings is 1. The van der Waals surface area contributed by atoms with E-state index < -0.39 is 23.3 Å². The average molecular weight is 356 g/mol. The Bertz CT molecular complexity index is 665. The van der Waals surface area contributed by atoms with Gasteiger partial charge in [0.2, 0.25) is 0 Å². The third kappa shape index (κ3) is 3.92. The minimum atomic E-state index is -1.44. The van der Waals surface area contributed by atoms with Gasteiger partial charge in [-0.2, -0.15) is 0 Å². The summed E-state index contributed by atoms with van der Waals surface area (Å²) in [6, 6.07) is 12.3. The fourth-order valence-electron chi connectivity index (χ4n) is 2.97. The number of benzene rings is 2. The van der Waals surface area contributed by atoms with Gasteiger partial charge in [0.15, 0.2) is 0 Å². The van der Waals surface area contributed by atoms with Crippen LogP contribution in [0.3, 0.4) is 0 Å². The predicted molar refractivity (Wildman–Crippen MR) is 90.3 cm³/mol. The molecule has 0 aliphatic carbocycles. The molecule has 2 aromatic carbocycles. The Balaban J connectivity index is 0.00000208. The summed E-state index contributed by atoms with van der Waals surface area (Å²) in [5, 5.41) is 14.5. The number of rotatable bonds is 4. The predicted octanol–water partition coefficient (Wildman–Crippen LogP) is 2.81. The second-order valence-corrected chi connectivity index (χ2v) is 5.77. The van der Waals surface area contributed by atoms with Gasteiger partial charge in [0.25, 0.3) is 0 Å². The summed E-state index contributed by atoms with van der Waals surface area (Å²) in [5.41, 5.74) is -0.688. The molecule has 1 saturated heterocycles. The van der Waals surface area contributed by atoms with Crippen molar-refractivity contribution in [1.29, 1.82) is 0 Å². The number of hydrogen-bond acceptors (Lipinski definition) is 3. The molecule has 0 unspecified atom stereocenters. The minimum Gasteiger partial charge on any atom is -0.382 e. The van der Waals surface area contributed by atoms with E-state index >= 15 is 0 Å². The normalized spacial score (nSPS) is 20.0. The Labute approximate surface area is 146 Å². The molecule has 1 heterocycles. The van der Waals surface area contributed by atoms with E-state index in [-0.39, 0.29) is 24.4 Å². The Morgan fingerprint density at radius 1 is 1.17 bits per heavy atom. The molecule has 0 radical (unpaired) electrons. The van der Waals surface area contributed by atoms with Gasteiger partial charge in [-0.25, -0.2) is 8.78 Å². The molecule has 0 saturated carbocycles. The van der Waals surface area contributed by atoms with Gasteiger partial charge in [0.05, 0.1) is 6.61 Å². The Hall–Kier alpha value is -1.53. The molecule has 1 aliphatic heterocycles. The zero-order valence-corrected chi connectivity index (χ0v) is 13.9. The van der Waals surface area contributed by atoms with Crippen molar-refractivity contribution in [3.63, 3.8) is 0 Å². The van der Waals surface area contributed by atoms with Crippen LogP contribution in [0.1, 0.15) is 11.1 Å². The lowest BCUT2D eigenvalue weighted by Crippen LogP contribution is -2.52. The highest BCUT2D eigenvalue weighted by Gasteiger charge is 2.41. The summed E-state index contributed by atoms with van der Waals surface area (Å²) in [4.78, 5) is 0. The van der Waals surface area contributed by atoms with Crippen LogP contribution in [-0.4, -0.2) is 30.9 Å². The van der Waals surface area contributed by atoms with Crippen molar-refractivity contribution in [2.24, 2.45) is 0 Å². The maximum Gasteiger partial charge on any atom is 0.126 e. The molecule has 2 N–H and O–H groups in total. The Morgan fingerprint density at radius 3 is 2.58 bits per heavy atom. The van der Waals surface area contributed by atoms with E-state index in [9.17, 15) is 13.9 Å². The zero-order chi connectivity index (χ0) is 16.3. The van der Waals surface area contributed by atoms with Crippen molar-refractivity contribution in [3.8, 4) is 0 Å². The van der Waals surface area contributed by atoms with Crippen LogP contribution in [0.15, 0.2) is 48.5 Å². The van der Waals surface area contributed by atoms with E-state index in [1.165, 1.54) is 0 Å². The molecule has 1 fully saturated rings.